The van der Waals surface area contributed by atoms with E-state index in [9.17, 15) is 9.18 Å². The van der Waals surface area contributed by atoms with Gasteiger partial charge in [0.15, 0.2) is 0 Å². The van der Waals surface area contributed by atoms with Gasteiger partial charge in [-0.1, -0.05) is 41.9 Å². The molecule has 1 aliphatic rings. The molecule has 0 fully saturated rings. The van der Waals surface area contributed by atoms with Crippen LogP contribution in [0.2, 0.25) is 5.02 Å². The highest BCUT2D eigenvalue weighted by Gasteiger charge is 2.32. The Labute approximate surface area is 212 Å². The molecule has 3 heterocycles. The molecule has 6 rings (SSSR count). The molecule has 36 heavy (non-hydrogen) atoms. The Kier molecular flexibility index (Phi) is 5.46. The molecule has 0 bridgehead atoms. The van der Waals surface area contributed by atoms with Gasteiger partial charge in [0.2, 0.25) is 0 Å². The first-order chi connectivity index (χ1) is 17.5. The second-order valence-corrected chi connectivity index (χ2v) is 9.28. The molecule has 7 heteroatoms. The number of halogens is 2. The number of aromatic nitrogens is 2. The molecule has 0 saturated carbocycles. The fourth-order valence-corrected chi connectivity index (χ4v) is 5.06. The Bertz CT molecular complexity index is 1710. The van der Waals surface area contributed by atoms with Crippen LogP contribution in [-0.2, 0) is 18.3 Å². The zero-order chi connectivity index (χ0) is 24.8. The minimum atomic E-state index is -0.290. The summed E-state index contributed by atoms with van der Waals surface area (Å²) in [6.45, 7) is 0.403. The lowest BCUT2D eigenvalue weighted by Gasteiger charge is -2.19. The third kappa shape index (κ3) is 3.80. The third-order valence-corrected chi connectivity index (χ3v) is 6.94. The number of aliphatic imine (C=N–C) groups is 1. The van der Waals surface area contributed by atoms with Gasteiger partial charge < -0.3 is 9.55 Å². The highest BCUT2D eigenvalue weighted by atomic mass is 35.5. The summed E-state index contributed by atoms with van der Waals surface area (Å²) in [5, 5.41) is 2.52. The topological polar surface area (TPSA) is 53.4 Å². The fourth-order valence-electron chi connectivity index (χ4n) is 4.84. The molecule has 1 aliphatic heterocycles. The number of benzene rings is 3. The molecular weight excluding hydrogens is 475 g/mol. The number of aryl methyl sites for hydroxylation is 1. The zero-order valence-electron chi connectivity index (χ0n) is 19.5. The standard InChI is InChI=1S/C29H22ClFN4O/c1-34-17-19(22-6-3-5-9-27(22)34)14-26-29(36)35(28(33-26)23-7-2-4-8-24(23)30)13-12-18-16-32-25-15-20(31)10-11-21(18)25/h2-11,14-17,32H,12-13H2,1H3/b26-14-. The number of aromatic amines is 1. The summed E-state index contributed by atoms with van der Waals surface area (Å²) < 4.78 is 15.7. The summed E-state index contributed by atoms with van der Waals surface area (Å²) in [7, 11) is 1.98. The molecule has 0 radical (unpaired) electrons. The predicted molar refractivity (Wildman–Crippen MR) is 143 cm³/mol. The second-order valence-electron chi connectivity index (χ2n) is 8.87. The van der Waals surface area contributed by atoms with Gasteiger partial charge in [0.1, 0.15) is 17.3 Å². The molecule has 1 amide bonds. The van der Waals surface area contributed by atoms with Gasteiger partial charge in [-0.3, -0.25) is 9.69 Å². The molecule has 5 nitrogen and oxygen atoms in total. The van der Waals surface area contributed by atoms with Gasteiger partial charge in [-0.25, -0.2) is 9.38 Å². The van der Waals surface area contributed by atoms with E-state index in [1.807, 2.05) is 72.5 Å². The summed E-state index contributed by atoms with van der Waals surface area (Å²) in [5.74, 6) is 0.0636. The number of amidine groups is 1. The van der Waals surface area contributed by atoms with Crippen LogP contribution in [0, 0.1) is 5.82 Å². The van der Waals surface area contributed by atoms with Crippen molar-refractivity contribution in [2.24, 2.45) is 12.0 Å². The van der Waals surface area contributed by atoms with Crippen molar-refractivity contribution in [3.63, 3.8) is 0 Å². The molecule has 2 aromatic heterocycles. The predicted octanol–water partition coefficient (Wildman–Crippen LogP) is 6.32. The van der Waals surface area contributed by atoms with Crippen LogP contribution in [0.25, 0.3) is 27.9 Å². The average molecular weight is 497 g/mol. The number of amides is 1. The first-order valence-electron chi connectivity index (χ1n) is 11.7. The molecule has 1 N–H and O–H groups in total. The highest BCUT2D eigenvalue weighted by Crippen LogP contribution is 2.29. The van der Waals surface area contributed by atoms with Gasteiger partial charge in [0.05, 0.1) is 5.02 Å². The smallest absolute Gasteiger partial charge is 0.278 e. The van der Waals surface area contributed by atoms with E-state index in [4.69, 9.17) is 16.6 Å². The van der Waals surface area contributed by atoms with Gasteiger partial charge >= 0.3 is 0 Å². The average Bonchev–Trinajstić information content (AvgIpc) is 3.52. The Morgan fingerprint density at radius 2 is 1.86 bits per heavy atom. The van der Waals surface area contributed by atoms with Crippen molar-refractivity contribution in [1.29, 1.82) is 0 Å². The molecule has 178 valence electrons. The summed E-state index contributed by atoms with van der Waals surface area (Å²) >= 11 is 6.52. The number of carbonyl (C=O) groups is 1. The molecule has 5 aromatic rings. The van der Waals surface area contributed by atoms with Crippen LogP contribution in [0.5, 0.6) is 0 Å². The number of para-hydroxylation sites is 1. The zero-order valence-corrected chi connectivity index (χ0v) is 20.3. The van der Waals surface area contributed by atoms with Crippen molar-refractivity contribution in [2.75, 3.05) is 6.54 Å². The second kappa shape index (κ2) is 8.81. The number of hydrogen-bond acceptors (Lipinski definition) is 2. The molecule has 3 aromatic carbocycles. The Hall–Kier alpha value is -4.16. The number of carbonyl (C=O) groups excluding carboxylic acids is 1. The molecule has 0 spiro atoms. The molecule has 0 saturated heterocycles. The normalized spacial score (nSPS) is 15.0. The van der Waals surface area contributed by atoms with Gasteiger partial charge in [-0.15, -0.1) is 0 Å². The van der Waals surface area contributed by atoms with Crippen molar-refractivity contribution < 1.29 is 9.18 Å². The van der Waals surface area contributed by atoms with Crippen LogP contribution < -0.4 is 0 Å². The van der Waals surface area contributed by atoms with Crippen molar-refractivity contribution in [3.05, 3.63) is 112 Å². The van der Waals surface area contributed by atoms with E-state index in [2.05, 4.69) is 4.98 Å². The van der Waals surface area contributed by atoms with Crippen LogP contribution >= 0.6 is 11.6 Å². The maximum absolute atomic E-state index is 13.7. The number of hydrogen-bond donors (Lipinski definition) is 1. The lowest BCUT2D eigenvalue weighted by molar-refractivity contribution is -0.122. The molecule has 0 atom stereocenters. The molecule has 0 aliphatic carbocycles. The Balaban J connectivity index is 1.38. The third-order valence-electron chi connectivity index (χ3n) is 6.62. The maximum Gasteiger partial charge on any atom is 0.278 e. The summed E-state index contributed by atoms with van der Waals surface area (Å²) in [6.07, 6.45) is 6.28. The van der Waals surface area contributed by atoms with E-state index in [1.165, 1.54) is 12.1 Å². The molecular formula is C29H22ClFN4O. The lowest BCUT2D eigenvalue weighted by atomic mass is 10.1. The van der Waals surface area contributed by atoms with E-state index in [0.717, 1.165) is 32.9 Å². The van der Waals surface area contributed by atoms with E-state index >= 15 is 0 Å². The minimum absolute atomic E-state index is 0.177. The van der Waals surface area contributed by atoms with Crippen molar-refractivity contribution >= 4 is 51.2 Å². The number of nitrogens with zero attached hydrogens (tertiary/aromatic N) is 3. The van der Waals surface area contributed by atoms with Crippen LogP contribution in [0.15, 0.2) is 89.8 Å². The Morgan fingerprint density at radius 1 is 1.06 bits per heavy atom. The lowest BCUT2D eigenvalue weighted by Crippen LogP contribution is -2.34. The maximum atomic E-state index is 13.7. The highest BCUT2D eigenvalue weighted by molar-refractivity contribution is 6.35. The quantitative estimate of drug-likeness (QED) is 0.284. The van der Waals surface area contributed by atoms with E-state index in [0.29, 0.717) is 35.1 Å². The monoisotopic (exact) mass is 496 g/mol. The number of H-pyrrole nitrogens is 1. The van der Waals surface area contributed by atoms with Gasteiger partial charge in [0.25, 0.3) is 5.91 Å². The van der Waals surface area contributed by atoms with Gasteiger partial charge in [0, 0.05) is 58.9 Å². The van der Waals surface area contributed by atoms with Crippen LogP contribution in [-0.4, -0.2) is 32.7 Å². The van der Waals surface area contributed by atoms with Crippen molar-refractivity contribution in [1.82, 2.24) is 14.5 Å². The van der Waals surface area contributed by atoms with Gasteiger partial charge in [-0.2, -0.15) is 0 Å². The van der Waals surface area contributed by atoms with Gasteiger partial charge in [-0.05, 0) is 54.5 Å². The first kappa shape index (κ1) is 22.3. The SMILES string of the molecule is Cn1cc(/C=C2\N=C(c3ccccc3Cl)N(CCc3c[nH]c4cc(F)ccc34)C2=O)c2ccccc21. The van der Waals surface area contributed by atoms with E-state index in [1.54, 1.807) is 17.0 Å². The van der Waals surface area contributed by atoms with E-state index in [-0.39, 0.29) is 11.7 Å². The van der Waals surface area contributed by atoms with Crippen molar-refractivity contribution in [2.45, 2.75) is 6.42 Å². The largest absolute Gasteiger partial charge is 0.361 e. The number of rotatable bonds is 5. The van der Waals surface area contributed by atoms with Crippen LogP contribution in [0.1, 0.15) is 16.7 Å². The summed E-state index contributed by atoms with van der Waals surface area (Å²) in [4.78, 5) is 23.2. The van der Waals surface area contributed by atoms with Crippen LogP contribution in [0.3, 0.4) is 0 Å². The minimum Gasteiger partial charge on any atom is -0.361 e. The van der Waals surface area contributed by atoms with Crippen LogP contribution in [0.4, 0.5) is 4.39 Å². The Morgan fingerprint density at radius 3 is 2.72 bits per heavy atom. The number of nitrogens with one attached hydrogen (secondary N) is 1. The first-order valence-corrected chi connectivity index (χ1v) is 12.0. The van der Waals surface area contributed by atoms with Crippen molar-refractivity contribution in [3.8, 4) is 0 Å². The molecule has 0 unspecified atom stereocenters. The number of fused-ring (bicyclic) bond motifs is 2. The summed E-state index contributed by atoms with van der Waals surface area (Å²) in [5.41, 5.74) is 4.81. The summed E-state index contributed by atoms with van der Waals surface area (Å²) in [6, 6.07) is 20.1. The fraction of sp³-hybridized carbons (Fsp3) is 0.103. The van der Waals surface area contributed by atoms with E-state index < -0.39 is 0 Å².